The summed E-state index contributed by atoms with van der Waals surface area (Å²) >= 11 is 0. The fourth-order valence-corrected chi connectivity index (χ4v) is 4.22. The Labute approximate surface area is 94.1 Å². The van der Waals surface area contributed by atoms with Crippen molar-refractivity contribution in [1.29, 1.82) is 0 Å². The smallest absolute Gasteiger partial charge is 0.411 e. The number of hydrogen-bond acceptors (Lipinski definition) is 5. The molecule has 1 amide bonds. The van der Waals surface area contributed by atoms with Crippen LogP contribution in [0, 0.1) is 0 Å². The highest BCUT2D eigenvalue weighted by Crippen LogP contribution is 2.27. The fraction of sp³-hybridized carbons (Fsp3) is 0.889. The average molecular weight is 249 g/mol. The van der Waals surface area contributed by atoms with E-state index in [0.717, 1.165) is 6.42 Å². The van der Waals surface area contributed by atoms with Crippen LogP contribution in [0.4, 0.5) is 4.79 Å². The van der Waals surface area contributed by atoms with Crippen LogP contribution in [0.3, 0.4) is 0 Å². The fourth-order valence-electron chi connectivity index (χ4n) is 2.21. The summed E-state index contributed by atoms with van der Waals surface area (Å²) in [5.74, 6) is 0.111. The minimum Gasteiger partial charge on any atom is -0.447 e. The van der Waals surface area contributed by atoms with Crippen molar-refractivity contribution in [2.75, 3.05) is 19.0 Å². The molecular formula is C9H15NO5S. The summed E-state index contributed by atoms with van der Waals surface area (Å²) in [5.41, 5.74) is 0. The average Bonchev–Trinajstić information content (AvgIpc) is 2.59. The van der Waals surface area contributed by atoms with Crippen molar-refractivity contribution in [2.24, 2.45) is 0 Å². The zero-order valence-electron chi connectivity index (χ0n) is 8.83. The van der Waals surface area contributed by atoms with Gasteiger partial charge in [-0.3, -0.25) is 4.90 Å². The number of carbonyl (C=O) groups is 1. The van der Waals surface area contributed by atoms with E-state index in [1.54, 1.807) is 0 Å². The predicted octanol–water partition coefficient (Wildman–Crippen LogP) is -0.276. The normalized spacial score (nSPS) is 33.8. The van der Waals surface area contributed by atoms with Gasteiger partial charge in [-0.05, 0) is 19.3 Å². The molecule has 0 aromatic heterocycles. The Morgan fingerprint density at radius 2 is 2.19 bits per heavy atom. The molecule has 1 N–H and O–H groups in total. The third-order valence-corrected chi connectivity index (χ3v) is 5.22. The van der Waals surface area contributed by atoms with E-state index in [9.17, 15) is 13.2 Å². The summed E-state index contributed by atoms with van der Waals surface area (Å²) in [4.78, 5) is 12.6. The molecule has 0 bridgehead atoms. The standard InChI is InChI=1S/C9H15NO5S/c11-5-7-6-15-9(12)10(7)8-3-1-2-4-16(8,13)14/h7-8,11H,1-6H2. The maximum Gasteiger partial charge on any atom is 0.411 e. The highest BCUT2D eigenvalue weighted by molar-refractivity contribution is 7.92. The molecule has 0 aliphatic carbocycles. The highest BCUT2D eigenvalue weighted by atomic mass is 32.2. The molecule has 6 nitrogen and oxygen atoms in total. The molecule has 0 aromatic carbocycles. The van der Waals surface area contributed by atoms with Crippen LogP contribution < -0.4 is 0 Å². The van der Waals surface area contributed by atoms with Gasteiger partial charge in [0.25, 0.3) is 0 Å². The van der Waals surface area contributed by atoms with Gasteiger partial charge in [-0.1, -0.05) is 0 Å². The quantitative estimate of drug-likeness (QED) is 0.728. The number of cyclic esters (lactones) is 1. The van der Waals surface area contributed by atoms with Gasteiger partial charge in [0.2, 0.25) is 0 Å². The molecule has 0 radical (unpaired) electrons. The van der Waals surface area contributed by atoms with Crippen molar-refractivity contribution >= 4 is 15.9 Å². The van der Waals surface area contributed by atoms with Gasteiger partial charge in [0, 0.05) is 0 Å². The van der Waals surface area contributed by atoms with Crippen LogP contribution >= 0.6 is 0 Å². The maximum atomic E-state index is 11.8. The second-order valence-electron chi connectivity index (χ2n) is 4.14. The Hall–Kier alpha value is -0.820. The van der Waals surface area contributed by atoms with Crippen LogP contribution in [0.1, 0.15) is 19.3 Å². The van der Waals surface area contributed by atoms with Gasteiger partial charge in [0.1, 0.15) is 12.0 Å². The van der Waals surface area contributed by atoms with Crippen LogP contribution in [0.25, 0.3) is 0 Å². The first kappa shape index (κ1) is 11.7. The molecule has 2 fully saturated rings. The summed E-state index contributed by atoms with van der Waals surface area (Å²) < 4.78 is 28.5. The summed E-state index contributed by atoms with van der Waals surface area (Å²) in [5, 5.41) is 8.27. The molecule has 2 unspecified atom stereocenters. The number of nitrogens with zero attached hydrogens (tertiary/aromatic N) is 1. The van der Waals surface area contributed by atoms with E-state index in [1.165, 1.54) is 4.90 Å². The van der Waals surface area contributed by atoms with Crippen LogP contribution in [-0.4, -0.2) is 54.9 Å². The Morgan fingerprint density at radius 1 is 1.44 bits per heavy atom. The highest BCUT2D eigenvalue weighted by Gasteiger charge is 2.44. The first-order chi connectivity index (χ1) is 7.56. The number of ether oxygens (including phenoxy) is 1. The maximum absolute atomic E-state index is 11.8. The summed E-state index contributed by atoms with van der Waals surface area (Å²) in [6.07, 6.45) is 1.24. The van der Waals surface area contributed by atoms with E-state index in [-0.39, 0.29) is 19.0 Å². The van der Waals surface area contributed by atoms with E-state index in [1.807, 2.05) is 0 Å². The van der Waals surface area contributed by atoms with E-state index < -0.39 is 27.3 Å². The zero-order valence-corrected chi connectivity index (χ0v) is 9.65. The SMILES string of the molecule is O=C1OCC(CO)N1C1CCCCS1(=O)=O. The molecular weight excluding hydrogens is 234 g/mol. The lowest BCUT2D eigenvalue weighted by Crippen LogP contribution is -2.49. The third kappa shape index (κ3) is 1.89. The van der Waals surface area contributed by atoms with Crippen LogP contribution in [0.15, 0.2) is 0 Å². The number of amides is 1. The van der Waals surface area contributed by atoms with Crippen molar-refractivity contribution in [1.82, 2.24) is 4.90 Å². The summed E-state index contributed by atoms with van der Waals surface area (Å²) in [6, 6.07) is -0.523. The monoisotopic (exact) mass is 249 g/mol. The van der Waals surface area contributed by atoms with Crippen molar-refractivity contribution in [3.8, 4) is 0 Å². The van der Waals surface area contributed by atoms with Gasteiger partial charge in [0.05, 0.1) is 18.4 Å². The molecule has 2 atom stereocenters. The lowest BCUT2D eigenvalue weighted by atomic mass is 10.2. The minimum absolute atomic E-state index is 0.0708. The van der Waals surface area contributed by atoms with Gasteiger partial charge in [-0.2, -0.15) is 0 Å². The summed E-state index contributed by atoms with van der Waals surface area (Å²) in [6.45, 7) is -0.195. The van der Waals surface area contributed by atoms with Crippen molar-refractivity contribution in [3.63, 3.8) is 0 Å². The second-order valence-corrected chi connectivity index (χ2v) is 6.42. The van der Waals surface area contributed by atoms with E-state index >= 15 is 0 Å². The minimum atomic E-state index is -3.27. The molecule has 0 spiro atoms. The topological polar surface area (TPSA) is 83.9 Å². The predicted molar refractivity (Wildman–Crippen MR) is 55.5 cm³/mol. The lowest BCUT2D eigenvalue weighted by molar-refractivity contribution is 0.143. The van der Waals surface area contributed by atoms with E-state index in [0.29, 0.717) is 12.8 Å². The number of aliphatic hydroxyl groups excluding tert-OH is 1. The molecule has 2 rings (SSSR count). The van der Waals surface area contributed by atoms with Crippen LogP contribution in [-0.2, 0) is 14.6 Å². The van der Waals surface area contributed by atoms with Crippen molar-refractivity contribution in [2.45, 2.75) is 30.7 Å². The Kier molecular flexibility index (Phi) is 3.07. The lowest BCUT2D eigenvalue weighted by Gasteiger charge is -2.31. The first-order valence-corrected chi connectivity index (χ1v) is 7.05. The molecule has 2 heterocycles. The van der Waals surface area contributed by atoms with Crippen molar-refractivity contribution in [3.05, 3.63) is 0 Å². The Balaban J connectivity index is 2.24. The number of carbonyl (C=O) groups excluding carboxylic acids is 1. The largest absolute Gasteiger partial charge is 0.447 e. The zero-order chi connectivity index (χ0) is 11.8. The Bertz CT molecular complexity index is 379. The van der Waals surface area contributed by atoms with E-state index in [2.05, 4.69) is 0 Å². The number of aliphatic hydroxyl groups is 1. The summed E-state index contributed by atoms with van der Waals surface area (Å²) in [7, 11) is -3.27. The number of sulfone groups is 1. The van der Waals surface area contributed by atoms with Gasteiger partial charge in [-0.25, -0.2) is 13.2 Å². The molecule has 92 valence electrons. The van der Waals surface area contributed by atoms with Gasteiger partial charge < -0.3 is 9.84 Å². The van der Waals surface area contributed by atoms with Gasteiger partial charge >= 0.3 is 6.09 Å². The first-order valence-electron chi connectivity index (χ1n) is 5.34. The molecule has 0 saturated carbocycles. The molecule has 0 aromatic rings. The van der Waals surface area contributed by atoms with Gasteiger partial charge in [-0.15, -0.1) is 0 Å². The van der Waals surface area contributed by atoms with Crippen LogP contribution in [0.5, 0.6) is 0 Å². The molecule has 7 heteroatoms. The van der Waals surface area contributed by atoms with Gasteiger partial charge in [0.15, 0.2) is 9.84 Å². The van der Waals surface area contributed by atoms with E-state index in [4.69, 9.17) is 9.84 Å². The van der Waals surface area contributed by atoms with Crippen molar-refractivity contribution < 1.29 is 23.1 Å². The second kappa shape index (κ2) is 4.21. The van der Waals surface area contributed by atoms with Crippen LogP contribution in [0.2, 0.25) is 0 Å². The third-order valence-electron chi connectivity index (χ3n) is 3.07. The number of hydrogen-bond donors (Lipinski definition) is 1. The molecule has 2 saturated heterocycles. The molecule has 16 heavy (non-hydrogen) atoms. The molecule has 2 aliphatic rings. The molecule has 2 aliphatic heterocycles. The number of rotatable bonds is 2. The Morgan fingerprint density at radius 3 is 2.81 bits per heavy atom.